The third-order valence-corrected chi connectivity index (χ3v) is 4.61. The Bertz CT molecular complexity index is 697. The number of nitrogens with zero attached hydrogens (tertiary/aromatic N) is 2. The second-order valence-electron chi connectivity index (χ2n) is 5.08. The third-order valence-electron chi connectivity index (χ3n) is 3.62. The van der Waals surface area contributed by atoms with E-state index in [4.69, 9.17) is 4.74 Å². The summed E-state index contributed by atoms with van der Waals surface area (Å²) in [5, 5.41) is 8.56. The zero-order chi connectivity index (χ0) is 16.6. The summed E-state index contributed by atoms with van der Waals surface area (Å²) in [6.45, 7) is 1.77. The Balaban J connectivity index is 2.02. The number of esters is 1. The number of carbonyl (C=O) groups is 1. The molecule has 0 aromatic carbocycles. The zero-order valence-corrected chi connectivity index (χ0v) is 12.9. The fourth-order valence-corrected chi connectivity index (χ4v) is 3.39. The number of thiophene rings is 1. The van der Waals surface area contributed by atoms with Gasteiger partial charge in [-0.2, -0.15) is 18.3 Å². The van der Waals surface area contributed by atoms with Gasteiger partial charge < -0.3 is 10.1 Å². The molecule has 0 amide bonds. The Morgan fingerprint density at radius 2 is 2.35 bits per heavy atom. The van der Waals surface area contributed by atoms with Gasteiger partial charge in [0.1, 0.15) is 11.4 Å². The van der Waals surface area contributed by atoms with E-state index < -0.39 is 24.2 Å². The molecule has 0 unspecified atom stereocenters. The number of nitrogens with one attached hydrogen (secondary N) is 1. The standard InChI is InChI=1S/C14H14F3N3O2S/c1-2-22-13(21)8-7-18-20-11(14(15,16)17)6-9(19-12(8)20)10-4-3-5-23-10/h3-5,7,9,11,19H,2,6H2,1H3/t9-,11-/m0/s1. The van der Waals surface area contributed by atoms with Crippen LogP contribution in [0.15, 0.2) is 23.7 Å². The van der Waals surface area contributed by atoms with Crippen LogP contribution in [0.3, 0.4) is 0 Å². The van der Waals surface area contributed by atoms with Gasteiger partial charge in [-0.25, -0.2) is 9.48 Å². The summed E-state index contributed by atoms with van der Waals surface area (Å²) < 4.78 is 45.9. The van der Waals surface area contributed by atoms with Crippen LogP contribution in [0.5, 0.6) is 0 Å². The van der Waals surface area contributed by atoms with Crippen molar-refractivity contribution >= 4 is 23.1 Å². The largest absolute Gasteiger partial charge is 0.462 e. The van der Waals surface area contributed by atoms with Gasteiger partial charge in [0.2, 0.25) is 0 Å². The summed E-state index contributed by atoms with van der Waals surface area (Å²) in [6, 6.07) is 1.24. The van der Waals surface area contributed by atoms with E-state index >= 15 is 0 Å². The molecule has 0 spiro atoms. The molecule has 1 aliphatic rings. The van der Waals surface area contributed by atoms with Crippen molar-refractivity contribution in [3.63, 3.8) is 0 Å². The fraction of sp³-hybridized carbons (Fsp3) is 0.429. The van der Waals surface area contributed by atoms with E-state index in [9.17, 15) is 18.0 Å². The number of fused-ring (bicyclic) bond motifs is 1. The molecule has 0 saturated carbocycles. The predicted molar refractivity (Wildman–Crippen MR) is 78.6 cm³/mol. The number of carbonyl (C=O) groups excluding carboxylic acids is 1. The van der Waals surface area contributed by atoms with Gasteiger partial charge in [-0.1, -0.05) is 6.07 Å². The highest BCUT2D eigenvalue weighted by molar-refractivity contribution is 7.10. The summed E-state index contributed by atoms with van der Waals surface area (Å²) in [5.74, 6) is -0.635. The van der Waals surface area contributed by atoms with Gasteiger partial charge in [0.25, 0.3) is 0 Å². The monoisotopic (exact) mass is 345 g/mol. The number of ether oxygens (including phenoxy) is 1. The van der Waals surface area contributed by atoms with Crippen molar-refractivity contribution in [2.24, 2.45) is 0 Å². The van der Waals surface area contributed by atoms with Crippen LogP contribution < -0.4 is 5.32 Å². The van der Waals surface area contributed by atoms with Crippen molar-refractivity contribution < 1.29 is 22.7 Å². The van der Waals surface area contributed by atoms with Crippen LogP contribution >= 0.6 is 11.3 Å². The van der Waals surface area contributed by atoms with E-state index in [1.54, 1.807) is 24.4 Å². The maximum absolute atomic E-state index is 13.4. The molecule has 124 valence electrons. The zero-order valence-electron chi connectivity index (χ0n) is 12.1. The van der Waals surface area contributed by atoms with Crippen LogP contribution in [0.25, 0.3) is 0 Å². The van der Waals surface area contributed by atoms with Crippen molar-refractivity contribution in [2.45, 2.75) is 31.6 Å². The van der Waals surface area contributed by atoms with Gasteiger partial charge in [-0.3, -0.25) is 0 Å². The highest BCUT2D eigenvalue weighted by Crippen LogP contribution is 2.45. The summed E-state index contributed by atoms with van der Waals surface area (Å²) in [7, 11) is 0. The number of anilines is 1. The molecule has 0 bridgehead atoms. The van der Waals surface area contributed by atoms with Gasteiger partial charge >= 0.3 is 12.1 Å². The lowest BCUT2D eigenvalue weighted by atomic mass is 10.0. The summed E-state index contributed by atoms with van der Waals surface area (Å²) in [4.78, 5) is 12.7. The van der Waals surface area contributed by atoms with E-state index in [-0.39, 0.29) is 24.4 Å². The molecule has 0 saturated heterocycles. The van der Waals surface area contributed by atoms with E-state index in [0.29, 0.717) is 0 Å². The number of hydrogen-bond donors (Lipinski definition) is 1. The van der Waals surface area contributed by atoms with Crippen LogP contribution in [0, 0.1) is 0 Å². The van der Waals surface area contributed by atoms with Crippen LogP contribution in [-0.2, 0) is 4.74 Å². The number of hydrogen-bond acceptors (Lipinski definition) is 5. The third kappa shape index (κ3) is 2.92. The lowest BCUT2D eigenvalue weighted by Crippen LogP contribution is -2.36. The van der Waals surface area contributed by atoms with Gasteiger partial charge in [0.15, 0.2) is 6.04 Å². The molecule has 5 nitrogen and oxygen atoms in total. The minimum atomic E-state index is -4.45. The molecule has 23 heavy (non-hydrogen) atoms. The SMILES string of the molecule is CCOC(=O)c1cnn2c1N[C@H](c1cccs1)C[C@H]2C(F)(F)F. The Labute approximate surface area is 134 Å². The van der Waals surface area contributed by atoms with Gasteiger partial charge in [-0.05, 0) is 18.4 Å². The maximum Gasteiger partial charge on any atom is 0.410 e. The van der Waals surface area contributed by atoms with Crippen LogP contribution in [0.4, 0.5) is 19.0 Å². The first-order valence-electron chi connectivity index (χ1n) is 7.03. The second kappa shape index (κ2) is 5.88. The van der Waals surface area contributed by atoms with Crippen molar-refractivity contribution in [2.75, 3.05) is 11.9 Å². The first-order chi connectivity index (χ1) is 10.9. The van der Waals surface area contributed by atoms with Crippen molar-refractivity contribution in [3.05, 3.63) is 34.2 Å². The molecule has 9 heteroatoms. The summed E-state index contributed by atoms with van der Waals surface area (Å²) >= 11 is 1.37. The highest BCUT2D eigenvalue weighted by Gasteiger charge is 2.47. The van der Waals surface area contributed by atoms with E-state index in [1.165, 1.54) is 11.3 Å². The lowest BCUT2D eigenvalue weighted by Gasteiger charge is -2.33. The van der Waals surface area contributed by atoms with E-state index in [0.717, 1.165) is 15.8 Å². The van der Waals surface area contributed by atoms with Crippen molar-refractivity contribution in [3.8, 4) is 0 Å². The Kier molecular flexibility index (Phi) is 4.05. The van der Waals surface area contributed by atoms with Gasteiger partial charge in [0, 0.05) is 11.3 Å². The minimum Gasteiger partial charge on any atom is -0.462 e. The molecule has 1 N–H and O–H groups in total. The Morgan fingerprint density at radius 3 is 2.96 bits per heavy atom. The molecule has 2 aromatic rings. The van der Waals surface area contributed by atoms with Gasteiger partial charge in [-0.15, -0.1) is 11.3 Å². The summed E-state index contributed by atoms with van der Waals surface area (Å²) in [6.07, 6.45) is -3.51. The van der Waals surface area contributed by atoms with Crippen LogP contribution in [0.2, 0.25) is 0 Å². The molecule has 2 atom stereocenters. The number of alkyl halides is 3. The second-order valence-corrected chi connectivity index (χ2v) is 6.06. The molecule has 3 rings (SSSR count). The number of aromatic nitrogens is 2. The quantitative estimate of drug-likeness (QED) is 0.860. The number of rotatable bonds is 3. The maximum atomic E-state index is 13.4. The molecule has 0 radical (unpaired) electrons. The highest BCUT2D eigenvalue weighted by atomic mass is 32.1. The molecule has 2 aromatic heterocycles. The average molecular weight is 345 g/mol. The molecule has 0 fully saturated rings. The molecular formula is C14H14F3N3O2S. The molecule has 3 heterocycles. The first kappa shape index (κ1) is 15.9. The fourth-order valence-electron chi connectivity index (χ4n) is 2.60. The molecule has 1 aliphatic heterocycles. The minimum absolute atomic E-state index is 0.0161. The van der Waals surface area contributed by atoms with E-state index in [1.807, 2.05) is 0 Å². The predicted octanol–water partition coefficient (Wildman–Crippen LogP) is 3.78. The summed E-state index contributed by atoms with van der Waals surface area (Å²) in [5.41, 5.74) is 0.0161. The molecular weight excluding hydrogens is 331 g/mol. The molecule has 0 aliphatic carbocycles. The van der Waals surface area contributed by atoms with Crippen molar-refractivity contribution in [1.82, 2.24) is 9.78 Å². The van der Waals surface area contributed by atoms with Gasteiger partial charge in [0.05, 0.1) is 18.8 Å². The Hall–Kier alpha value is -2.03. The Morgan fingerprint density at radius 1 is 1.57 bits per heavy atom. The van der Waals surface area contributed by atoms with Crippen LogP contribution in [-0.4, -0.2) is 28.5 Å². The smallest absolute Gasteiger partial charge is 0.410 e. The first-order valence-corrected chi connectivity index (χ1v) is 7.91. The van der Waals surface area contributed by atoms with Crippen LogP contribution in [0.1, 0.15) is 40.7 Å². The average Bonchev–Trinajstić information content (AvgIpc) is 3.14. The normalized spacial score (nSPS) is 20.7. The van der Waals surface area contributed by atoms with Crippen molar-refractivity contribution in [1.29, 1.82) is 0 Å². The topological polar surface area (TPSA) is 56.1 Å². The number of halogens is 3. The lowest BCUT2D eigenvalue weighted by molar-refractivity contribution is -0.173. The van der Waals surface area contributed by atoms with E-state index in [2.05, 4.69) is 10.4 Å².